The first-order valence-corrected chi connectivity index (χ1v) is 12.9. The smallest absolute Gasteiger partial charge is 0.323 e. The number of amides is 2. The molecule has 0 saturated carbocycles. The van der Waals surface area contributed by atoms with Crippen molar-refractivity contribution < 1.29 is 14.3 Å². The van der Waals surface area contributed by atoms with Crippen LogP contribution < -0.4 is 20.1 Å². The normalized spacial score (nSPS) is 11.2. The number of pyridine rings is 1. The van der Waals surface area contributed by atoms with Crippen molar-refractivity contribution in [1.82, 2.24) is 4.98 Å². The van der Waals surface area contributed by atoms with E-state index in [2.05, 4.69) is 66.7 Å². The van der Waals surface area contributed by atoms with Crippen LogP contribution in [0.2, 0.25) is 0 Å². The topological polar surface area (TPSA) is 72.5 Å². The summed E-state index contributed by atoms with van der Waals surface area (Å²) in [5.74, 6) is 1.67. The summed E-state index contributed by atoms with van der Waals surface area (Å²) in [6.45, 7) is 6.80. The number of rotatable bonds is 7. The number of ether oxygens (including phenoxy) is 2. The highest BCUT2D eigenvalue weighted by Gasteiger charge is 2.20. The van der Waals surface area contributed by atoms with Gasteiger partial charge < -0.3 is 20.1 Å². The third-order valence-corrected chi connectivity index (χ3v) is 6.23. The molecule has 1 heterocycles. The number of nitrogens with zero attached hydrogens (tertiary/aromatic N) is 1. The van der Waals surface area contributed by atoms with E-state index in [1.165, 1.54) is 10.8 Å². The van der Waals surface area contributed by atoms with Crippen LogP contribution in [0.3, 0.4) is 0 Å². The van der Waals surface area contributed by atoms with Gasteiger partial charge in [-0.3, -0.25) is 0 Å². The molecule has 6 heteroatoms. The van der Waals surface area contributed by atoms with Gasteiger partial charge in [0.05, 0.1) is 0 Å². The molecule has 0 radical (unpaired) electrons. The van der Waals surface area contributed by atoms with E-state index in [-0.39, 0.29) is 5.41 Å². The Morgan fingerprint density at radius 2 is 1.59 bits per heavy atom. The lowest BCUT2D eigenvalue weighted by Gasteiger charge is -2.22. The molecule has 0 unspecified atom stereocenters. The van der Waals surface area contributed by atoms with E-state index in [1.54, 1.807) is 24.4 Å². The molecule has 5 aromatic rings. The maximum Gasteiger partial charge on any atom is 0.323 e. The van der Waals surface area contributed by atoms with Crippen molar-refractivity contribution in [2.24, 2.45) is 0 Å². The highest BCUT2D eigenvalue weighted by atomic mass is 16.5. The molecule has 2 N–H and O–H groups in total. The molecule has 0 aliphatic heterocycles. The maximum atomic E-state index is 12.9. The molecule has 2 amide bonds. The Hall–Kier alpha value is -4.84. The Labute approximate surface area is 228 Å². The predicted molar refractivity (Wildman–Crippen MR) is 157 cm³/mol. The van der Waals surface area contributed by atoms with Crippen LogP contribution in [0, 0.1) is 0 Å². The zero-order valence-electron chi connectivity index (χ0n) is 22.3. The van der Waals surface area contributed by atoms with Gasteiger partial charge in [0.25, 0.3) is 0 Å². The number of anilines is 2. The molecule has 1 aromatic heterocycles. The minimum absolute atomic E-state index is 0.113. The molecule has 0 spiro atoms. The van der Waals surface area contributed by atoms with Crippen molar-refractivity contribution in [1.29, 1.82) is 0 Å². The van der Waals surface area contributed by atoms with Gasteiger partial charge in [-0.25, -0.2) is 9.78 Å². The van der Waals surface area contributed by atoms with Crippen molar-refractivity contribution in [2.45, 2.75) is 32.8 Å². The molecule has 196 valence electrons. The first kappa shape index (κ1) is 25.8. The van der Waals surface area contributed by atoms with Gasteiger partial charge in [0.2, 0.25) is 5.88 Å². The fourth-order valence-corrected chi connectivity index (χ4v) is 4.29. The number of urea groups is 1. The second kappa shape index (κ2) is 11.3. The van der Waals surface area contributed by atoms with Gasteiger partial charge in [0.1, 0.15) is 23.8 Å². The lowest BCUT2D eigenvalue weighted by atomic mass is 9.86. The van der Waals surface area contributed by atoms with Crippen LogP contribution in [-0.4, -0.2) is 11.0 Å². The summed E-state index contributed by atoms with van der Waals surface area (Å²) in [5, 5.41) is 8.09. The number of carbonyl (C=O) groups excluding carboxylic acids is 1. The number of hydrogen-bond acceptors (Lipinski definition) is 4. The summed E-state index contributed by atoms with van der Waals surface area (Å²) in [5.41, 5.74) is 3.07. The first-order chi connectivity index (χ1) is 18.8. The fourth-order valence-electron chi connectivity index (χ4n) is 4.29. The van der Waals surface area contributed by atoms with Crippen LogP contribution in [0.1, 0.15) is 31.9 Å². The zero-order chi connectivity index (χ0) is 27.2. The van der Waals surface area contributed by atoms with Gasteiger partial charge in [-0.1, -0.05) is 81.4 Å². The van der Waals surface area contributed by atoms with E-state index >= 15 is 0 Å². The number of para-hydroxylation sites is 1. The molecule has 39 heavy (non-hydrogen) atoms. The van der Waals surface area contributed by atoms with Crippen LogP contribution in [0.5, 0.6) is 17.4 Å². The first-order valence-electron chi connectivity index (χ1n) is 12.9. The molecule has 4 aromatic carbocycles. The molecule has 6 nitrogen and oxygen atoms in total. The van der Waals surface area contributed by atoms with E-state index in [0.717, 1.165) is 11.1 Å². The van der Waals surface area contributed by atoms with E-state index in [0.29, 0.717) is 35.4 Å². The molecule has 0 aliphatic rings. The SMILES string of the molecule is CC(C)(C)c1ccccc1Oc1ncccc1NC(=O)Nc1cccc(OCc2ccc3ccccc3c2)c1. The average molecular weight is 518 g/mol. The highest BCUT2D eigenvalue weighted by Crippen LogP contribution is 2.35. The Morgan fingerprint density at radius 3 is 2.44 bits per heavy atom. The van der Waals surface area contributed by atoms with Gasteiger partial charge in [0, 0.05) is 23.5 Å². The number of aromatic nitrogens is 1. The van der Waals surface area contributed by atoms with E-state index in [9.17, 15) is 4.79 Å². The molecule has 0 bridgehead atoms. The quantitative estimate of drug-likeness (QED) is 0.227. The zero-order valence-corrected chi connectivity index (χ0v) is 22.3. The van der Waals surface area contributed by atoms with Crippen molar-refractivity contribution in [3.05, 3.63) is 120 Å². The molecule has 0 saturated heterocycles. The van der Waals surface area contributed by atoms with Crippen molar-refractivity contribution in [2.75, 3.05) is 10.6 Å². The molecule has 0 atom stereocenters. The third kappa shape index (κ3) is 6.54. The van der Waals surface area contributed by atoms with Crippen LogP contribution in [0.25, 0.3) is 10.8 Å². The average Bonchev–Trinajstić information content (AvgIpc) is 2.93. The van der Waals surface area contributed by atoms with Gasteiger partial charge in [-0.05, 0) is 58.1 Å². The fraction of sp³-hybridized carbons (Fsp3) is 0.152. The number of carbonyl (C=O) groups is 1. The van der Waals surface area contributed by atoms with Gasteiger partial charge in [-0.2, -0.15) is 0 Å². The molecular formula is C33H31N3O3. The largest absolute Gasteiger partial charge is 0.489 e. The van der Waals surface area contributed by atoms with Gasteiger partial charge in [0.15, 0.2) is 0 Å². The summed E-state index contributed by atoms with van der Waals surface area (Å²) >= 11 is 0. The van der Waals surface area contributed by atoms with E-state index in [1.807, 2.05) is 54.6 Å². The standard InChI is InChI=1S/C33H31N3O3/c1-33(2,3)28-14-6-7-16-30(28)39-31-29(15-9-19-34-31)36-32(37)35-26-12-8-13-27(21-26)38-22-23-17-18-24-10-4-5-11-25(24)20-23/h4-21H,22H2,1-3H3,(H2,35,36,37). The Bertz CT molecular complexity index is 1610. The van der Waals surface area contributed by atoms with Crippen molar-refractivity contribution >= 4 is 28.2 Å². The Balaban J connectivity index is 1.24. The van der Waals surface area contributed by atoms with Crippen LogP contribution in [0.4, 0.5) is 16.2 Å². The minimum atomic E-state index is -0.413. The van der Waals surface area contributed by atoms with Crippen molar-refractivity contribution in [3.63, 3.8) is 0 Å². The summed E-state index contributed by atoms with van der Waals surface area (Å²) in [6, 6.07) is 32.7. The summed E-state index contributed by atoms with van der Waals surface area (Å²) < 4.78 is 12.2. The maximum absolute atomic E-state index is 12.9. The lowest BCUT2D eigenvalue weighted by Crippen LogP contribution is -2.20. The third-order valence-electron chi connectivity index (χ3n) is 6.23. The molecule has 0 aliphatic carbocycles. The van der Waals surface area contributed by atoms with E-state index < -0.39 is 6.03 Å². The number of hydrogen-bond donors (Lipinski definition) is 2. The lowest BCUT2D eigenvalue weighted by molar-refractivity contribution is 0.262. The monoisotopic (exact) mass is 517 g/mol. The summed E-state index contributed by atoms with van der Waals surface area (Å²) in [7, 11) is 0. The van der Waals surface area contributed by atoms with Crippen LogP contribution in [-0.2, 0) is 12.0 Å². The van der Waals surface area contributed by atoms with Crippen LogP contribution in [0.15, 0.2) is 109 Å². The molecule has 0 fully saturated rings. The Morgan fingerprint density at radius 1 is 0.795 bits per heavy atom. The molecule has 5 rings (SSSR count). The number of fused-ring (bicyclic) bond motifs is 1. The van der Waals surface area contributed by atoms with Gasteiger partial charge >= 0.3 is 6.03 Å². The number of nitrogens with one attached hydrogen (secondary N) is 2. The minimum Gasteiger partial charge on any atom is -0.489 e. The second-order valence-electron chi connectivity index (χ2n) is 10.3. The predicted octanol–water partition coefficient (Wildman–Crippen LogP) is 8.55. The van der Waals surface area contributed by atoms with Gasteiger partial charge in [-0.15, -0.1) is 0 Å². The van der Waals surface area contributed by atoms with Crippen molar-refractivity contribution in [3.8, 4) is 17.4 Å². The second-order valence-corrected chi connectivity index (χ2v) is 10.3. The highest BCUT2D eigenvalue weighted by molar-refractivity contribution is 6.00. The summed E-state index contributed by atoms with van der Waals surface area (Å²) in [6.07, 6.45) is 1.63. The molecular weight excluding hydrogens is 486 g/mol. The van der Waals surface area contributed by atoms with E-state index in [4.69, 9.17) is 9.47 Å². The van der Waals surface area contributed by atoms with Crippen LogP contribution >= 0.6 is 0 Å². The summed E-state index contributed by atoms with van der Waals surface area (Å²) in [4.78, 5) is 17.2. The Kier molecular flexibility index (Phi) is 7.46. The number of benzene rings is 4.